The van der Waals surface area contributed by atoms with E-state index in [2.05, 4.69) is 26.1 Å². The molecule has 2 heteroatoms. The molecular formula is C8H17NO. The Kier molecular flexibility index (Phi) is 2.32. The predicted octanol–water partition coefficient (Wildman–Crippen LogP) is 1.37. The molecule has 10 heavy (non-hydrogen) atoms. The minimum absolute atomic E-state index is 0.308. The summed E-state index contributed by atoms with van der Waals surface area (Å²) in [5.74, 6) is 0. The number of nitrogens with one attached hydrogen (secondary N) is 1. The highest BCUT2D eigenvalue weighted by atomic mass is 16.5. The van der Waals surface area contributed by atoms with Gasteiger partial charge in [-0.1, -0.05) is 20.8 Å². The van der Waals surface area contributed by atoms with Gasteiger partial charge in [0.05, 0.1) is 12.8 Å². The van der Waals surface area contributed by atoms with E-state index in [4.69, 9.17) is 4.74 Å². The van der Waals surface area contributed by atoms with Gasteiger partial charge in [-0.2, -0.15) is 0 Å². The number of hydrogen-bond donors (Lipinski definition) is 1. The van der Waals surface area contributed by atoms with Gasteiger partial charge >= 0.3 is 0 Å². The third-order valence-corrected chi connectivity index (χ3v) is 1.94. The van der Waals surface area contributed by atoms with Crippen molar-refractivity contribution in [3.8, 4) is 0 Å². The van der Waals surface area contributed by atoms with E-state index in [9.17, 15) is 0 Å². The Balaban J connectivity index is 2.39. The van der Waals surface area contributed by atoms with Gasteiger partial charge in [0.1, 0.15) is 0 Å². The maximum absolute atomic E-state index is 5.53. The van der Waals surface area contributed by atoms with Crippen LogP contribution in [0.3, 0.4) is 0 Å². The lowest BCUT2D eigenvalue weighted by molar-refractivity contribution is -0.0534. The molecule has 0 amide bonds. The average molecular weight is 143 g/mol. The van der Waals surface area contributed by atoms with Crippen LogP contribution < -0.4 is 5.32 Å². The van der Waals surface area contributed by atoms with Gasteiger partial charge < -0.3 is 4.74 Å². The SMILES string of the molecule is CC(C)(C)C1CCNCO1. The van der Waals surface area contributed by atoms with E-state index in [1.54, 1.807) is 0 Å². The Morgan fingerprint density at radius 3 is 2.40 bits per heavy atom. The molecule has 1 rings (SSSR count). The van der Waals surface area contributed by atoms with E-state index < -0.39 is 0 Å². The second-order valence-corrected chi connectivity index (χ2v) is 3.95. The van der Waals surface area contributed by atoms with E-state index in [0.717, 1.165) is 19.7 Å². The molecule has 1 unspecified atom stereocenters. The molecule has 0 aromatic heterocycles. The molecule has 1 atom stereocenters. The minimum atomic E-state index is 0.308. The van der Waals surface area contributed by atoms with Crippen molar-refractivity contribution in [2.75, 3.05) is 13.3 Å². The third kappa shape index (κ3) is 1.96. The highest BCUT2D eigenvalue weighted by molar-refractivity contribution is 4.76. The first-order valence-electron chi connectivity index (χ1n) is 3.93. The monoisotopic (exact) mass is 143 g/mol. The van der Waals surface area contributed by atoms with Crippen LogP contribution in [0.5, 0.6) is 0 Å². The molecule has 0 saturated carbocycles. The minimum Gasteiger partial charge on any atom is -0.362 e. The molecule has 0 aromatic carbocycles. The molecule has 1 N–H and O–H groups in total. The molecule has 0 aliphatic carbocycles. The fourth-order valence-electron chi connectivity index (χ4n) is 1.23. The molecule has 0 spiro atoms. The third-order valence-electron chi connectivity index (χ3n) is 1.94. The van der Waals surface area contributed by atoms with Crippen LogP contribution in [-0.4, -0.2) is 19.4 Å². The van der Waals surface area contributed by atoms with E-state index in [0.29, 0.717) is 11.5 Å². The molecule has 1 aliphatic heterocycles. The van der Waals surface area contributed by atoms with Crippen LogP contribution in [0.1, 0.15) is 27.2 Å². The fraction of sp³-hybridized carbons (Fsp3) is 1.00. The maximum atomic E-state index is 5.53. The fourth-order valence-corrected chi connectivity index (χ4v) is 1.23. The van der Waals surface area contributed by atoms with Crippen molar-refractivity contribution < 1.29 is 4.74 Å². The molecule has 0 aromatic rings. The van der Waals surface area contributed by atoms with Crippen molar-refractivity contribution in [3.63, 3.8) is 0 Å². The van der Waals surface area contributed by atoms with Crippen molar-refractivity contribution >= 4 is 0 Å². The molecule has 0 bridgehead atoms. The molecule has 60 valence electrons. The van der Waals surface area contributed by atoms with E-state index in [1.165, 1.54) is 0 Å². The molecule has 0 radical (unpaired) electrons. The predicted molar refractivity (Wildman–Crippen MR) is 41.8 cm³/mol. The summed E-state index contributed by atoms with van der Waals surface area (Å²) < 4.78 is 5.53. The molecule has 1 saturated heterocycles. The summed E-state index contributed by atoms with van der Waals surface area (Å²) in [6.07, 6.45) is 1.58. The zero-order chi connectivity index (χ0) is 7.61. The summed E-state index contributed by atoms with van der Waals surface area (Å²) in [4.78, 5) is 0. The lowest BCUT2D eigenvalue weighted by atomic mass is 9.87. The molecule has 1 aliphatic rings. The Morgan fingerprint density at radius 1 is 1.40 bits per heavy atom. The maximum Gasteiger partial charge on any atom is 0.0969 e. The van der Waals surface area contributed by atoms with E-state index in [-0.39, 0.29) is 0 Å². The van der Waals surface area contributed by atoms with Gasteiger partial charge in [-0.25, -0.2) is 0 Å². The molecular weight excluding hydrogens is 126 g/mol. The second kappa shape index (κ2) is 2.89. The van der Waals surface area contributed by atoms with E-state index in [1.807, 2.05) is 0 Å². The highest BCUT2D eigenvalue weighted by Gasteiger charge is 2.26. The van der Waals surface area contributed by atoms with Gasteiger partial charge in [-0.15, -0.1) is 0 Å². The van der Waals surface area contributed by atoms with Crippen LogP contribution in [0, 0.1) is 5.41 Å². The number of hydrogen-bond acceptors (Lipinski definition) is 2. The van der Waals surface area contributed by atoms with Gasteiger partial charge in [-0.05, 0) is 18.4 Å². The van der Waals surface area contributed by atoms with Gasteiger partial charge in [0.15, 0.2) is 0 Å². The molecule has 2 nitrogen and oxygen atoms in total. The summed E-state index contributed by atoms with van der Waals surface area (Å²) in [6.45, 7) is 8.50. The Hall–Kier alpha value is -0.0800. The highest BCUT2D eigenvalue weighted by Crippen LogP contribution is 2.25. The Bertz CT molecular complexity index is 100. The second-order valence-electron chi connectivity index (χ2n) is 3.95. The first kappa shape index (κ1) is 8.02. The van der Waals surface area contributed by atoms with Gasteiger partial charge in [0.25, 0.3) is 0 Å². The van der Waals surface area contributed by atoms with Crippen LogP contribution >= 0.6 is 0 Å². The lowest BCUT2D eigenvalue weighted by Gasteiger charge is -2.33. The number of rotatable bonds is 0. The van der Waals surface area contributed by atoms with Crippen molar-refractivity contribution in [3.05, 3.63) is 0 Å². The largest absolute Gasteiger partial charge is 0.362 e. The van der Waals surface area contributed by atoms with Crippen LogP contribution in [0.25, 0.3) is 0 Å². The first-order chi connectivity index (χ1) is 4.61. The summed E-state index contributed by atoms with van der Waals surface area (Å²) in [5.41, 5.74) is 0.308. The molecule has 1 heterocycles. The van der Waals surface area contributed by atoms with E-state index >= 15 is 0 Å². The standard InChI is InChI=1S/C8H17NO/c1-8(2,3)7-4-5-9-6-10-7/h7,9H,4-6H2,1-3H3. The van der Waals surface area contributed by atoms with Crippen LogP contribution in [0.4, 0.5) is 0 Å². The quantitative estimate of drug-likeness (QED) is 0.553. The van der Waals surface area contributed by atoms with Crippen LogP contribution in [0.15, 0.2) is 0 Å². The van der Waals surface area contributed by atoms with Crippen molar-refractivity contribution in [2.45, 2.75) is 33.3 Å². The zero-order valence-electron chi connectivity index (χ0n) is 7.11. The summed E-state index contributed by atoms with van der Waals surface area (Å²) in [5, 5.41) is 3.16. The van der Waals surface area contributed by atoms with Gasteiger partial charge in [-0.3, -0.25) is 5.32 Å². The Morgan fingerprint density at radius 2 is 2.10 bits per heavy atom. The first-order valence-corrected chi connectivity index (χ1v) is 3.93. The Labute approximate surface area is 63.0 Å². The summed E-state index contributed by atoms with van der Waals surface area (Å²) in [7, 11) is 0. The van der Waals surface area contributed by atoms with Gasteiger partial charge in [0.2, 0.25) is 0 Å². The molecule has 1 fully saturated rings. The average Bonchev–Trinajstić information content (AvgIpc) is 1.88. The lowest BCUT2D eigenvalue weighted by Crippen LogP contribution is -2.40. The zero-order valence-corrected chi connectivity index (χ0v) is 7.11. The van der Waals surface area contributed by atoms with Gasteiger partial charge in [0, 0.05) is 0 Å². The van der Waals surface area contributed by atoms with Crippen molar-refractivity contribution in [1.29, 1.82) is 0 Å². The summed E-state index contributed by atoms with van der Waals surface area (Å²) >= 11 is 0. The van der Waals surface area contributed by atoms with Crippen LogP contribution in [0.2, 0.25) is 0 Å². The smallest absolute Gasteiger partial charge is 0.0969 e. The normalized spacial score (nSPS) is 28.5. The van der Waals surface area contributed by atoms with Crippen molar-refractivity contribution in [2.24, 2.45) is 5.41 Å². The van der Waals surface area contributed by atoms with Crippen LogP contribution in [-0.2, 0) is 4.74 Å². The van der Waals surface area contributed by atoms with Crippen molar-refractivity contribution in [1.82, 2.24) is 5.32 Å². The number of ether oxygens (including phenoxy) is 1. The summed E-state index contributed by atoms with van der Waals surface area (Å²) in [6, 6.07) is 0. The topological polar surface area (TPSA) is 21.3 Å².